The fraction of sp³-hybridized carbons (Fsp3) is 0.500. The molecule has 0 aliphatic rings. The van der Waals surface area contributed by atoms with E-state index in [-0.39, 0.29) is 22.8 Å². The molecule has 0 saturated carbocycles. The van der Waals surface area contributed by atoms with Crippen LogP contribution in [0.2, 0.25) is 0 Å². The van der Waals surface area contributed by atoms with E-state index >= 15 is 0 Å². The summed E-state index contributed by atoms with van der Waals surface area (Å²) in [4.78, 5) is 11.9. The number of nitrogens with zero attached hydrogens (tertiary/aromatic N) is 2. The SMILES string of the molecule is CC(C)N(C)CCNS(=O)(=O)c1ccc([N+](=O)[O-])c(N)c1. The number of rotatable bonds is 7. The van der Waals surface area contributed by atoms with Gasteiger partial charge in [-0.3, -0.25) is 10.1 Å². The van der Waals surface area contributed by atoms with Gasteiger partial charge in [0.25, 0.3) is 5.69 Å². The molecule has 3 N–H and O–H groups in total. The van der Waals surface area contributed by atoms with Gasteiger partial charge in [0.1, 0.15) is 5.69 Å². The van der Waals surface area contributed by atoms with Crippen molar-refractivity contribution in [1.82, 2.24) is 9.62 Å². The molecule has 0 unspecified atom stereocenters. The van der Waals surface area contributed by atoms with E-state index in [0.717, 1.165) is 12.1 Å². The molecule has 0 aromatic heterocycles. The summed E-state index contributed by atoms with van der Waals surface area (Å²) < 4.78 is 26.6. The van der Waals surface area contributed by atoms with Gasteiger partial charge in [-0.2, -0.15) is 0 Å². The van der Waals surface area contributed by atoms with Crippen molar-refractivity contribution in [2.45, 2.75) is 24.8 Å². The molecule has 0 spiro atoms. The number of likely N-dealkylation sites (N-methyl/N-ethyl adjacent to an activating group) is 1. The molecule has 0 aliphatic carbocycles. The van der Waals surface area contributed by atoms with Crippen LogP contribution < -0.4 is 10.5 Å². The predicted molar refractivity (Wildman–Crippen MR) is 80.5 cm³/mol. The van der Waals surface area contributed by atoms with Gasteiger partial charge in [-0.05, 0) is 33.0 Å². The Kier molecular flexibility index (Phi) is 5.64. The van der Waals surface area contributed by atoms with Gasteiger partial charge in [0.15, 0.2) is 0 Å². The Bertz CT molecular complexity index is 616. The number of hydrogen-bond donors (Lipinski definition) is 2. The third kappa shape index (κ3) is 4.66. The van der Waals surface area contributed by atoms with E-state index in [2.05, 4.69) is 4.72 Å². The fourth-order valence-electron chi connectivity index (χ4n) is 1.56. The zero-order chi connectivity index (χ0) is 16.2. The lowest BCUT2D eigenvalue weighted by molar-refractivity contribution is -0.383. The topological polar surface area (TPSA) is 119 Å². The van der Waals surface area contributed by atoms with Gasteiger partial charge >= 0.3 is 0 Å². The van der Waals surface area contributed by atoms with E-state index in [4.69, 9.17) is 5.73 Å². The summed E-state index contributed by atoms with van der Waals surface area (Å²) in [5.74, 6) is 0. The van der Waals surface area contributed by atoms with Crippen LogP contribution in [-0.4, -0.2) is 44.4 Å². The highest BCUT2D eigenvalue weighted by molar-refractivity contribution is 7.89. The first kappa shape index (κ1) is 17.3. The first-order valence-corrected chi connectivity index (χ1v) is 7.87. The molecular weight excluding hydrogens is 296 g/mol. The summed E-state index contributed by atoms with van der Waals surface area (Å²) in [5.41, 5.74) is 5.00. The number of nitrogens with two attached hydrogens (primary N) is 1. The first-order chi connectivity index (χ1) is 9.65. The van der Waals surface area contributed by atoms with Gasteiger partial charge in [0, 0.05) is 25.2 Å². The van der Waals surface area contributed by atoms with E-state index in [1.165, 1.54) is 6.07 Å². The minimum absolute atomic E-state index is 0.0854. The van der Waals surface area contributed by atoms with Gasteiger partial charge in [-0.25, -0.2) is 13.1 Å². The molecule has 0 bridgehead atoms. The Morgan fingerprint density at radius 1 is 1.43 bits per heavy atom. The fourth-order valence-corrected chi connectivity index (χ4v) is 2.62. The number of benzene rings is 1. The molecule has 0 heterocycles. The third-order valence-corrected chi connectivity index (χ3v) is 4.60. The molecule has 0 radical (unpaired) electrons. The van der Waals surface area contributed by atoms with Crippen LogP contribution in [0.3, 0.4) is 0 Å². The Labute approximate surface area is 124 Å². The van der Waals surface area contributed by atoms with Crippen molar-refractivity contribution in [3.63, 3.8) is 0 Å². The highest BCUT2D eigenvalue weighted by Crippen LogP contribution is 2.24. The summed E-state index contributed by atoms with van der Waals surface area (Å²) in [6.45, 7) is 4.81. The smallest absolute Gasteiger partial charge is 0.292 e. The molecule has 0 atom stereocenters. The van der Waals surface area contributed by atoms with E-state index in [9.17, 15) is 18.5 Å². The average Bonchev–Trinajstić information content (AvgIpc) is 2.37. The van der Waals surface area contributed by atoms with Crippen LogP contribution in [0.25, 0.3) is 0 Å². The third-order valence-electron chi connectivity index (χ3n) is 3.14. The van der Waals surface area contributed by atoms with Gasteiger partial charge in [0.2, 0.25) is 10.0 Å². The van der Waals surface area contributed by atoms with Crippen LogP contribution in [0.1, 0.15) is 13.8 Å². The van der Waals surface area contributed by atoms with Crippen molar-refractivity contribution in [1.29, 1.82) is 0 Å². The summed E-state index contributed by atoms with van der Waals surface area (Å²) >= 11 is 0. The number of nitrogen functional groups attached to an aromatic ring is 1. The van der Waals surface area contributed by atoms with Crippen molar-refractivity contribution in [3.8, 4) is 0 Å². The Morgan fingerprint density at radius 3 is 2.52 bits per heavy atom. The second-order valence-electron chi connectivity index (χ2n) is 4.95. The van der Waals surface area contributed by atoms with E-state index < -0.39 is 14.9 Å². The van der Waals surface area contributed by atoms with Crippen LogP contribution in [0.5, 0.6) is 0 Å². The Balaban J connectivity index is 2.79. The van der Waals surface area contributed by atoms with Crippen LogP contribution in [0, 0.1) is 10.1 Å². The van der Waals surface area contributed by atoms with E-state index in [1.807, 2.05) is 25.8 Å². The number of hydrogen-bond acceptors (Lipinski definition) is 6. The largest absolute Gasteiger partial charge is 0.393 e. The lowest BCUT2D eigenvalue weighted by atomic mass is 10.3. The van der Waals surface area contributed by atoms with Crippen LogP contribution in [0.15, 0.2) is 23.1 Å². The van der Waals surface area contributed by atoms with Crippen molar-refractivity contribution in [3.05, 3.63) is 28.3 Å². The highest BCUT2D eigenvalue weighted by atomic mass is 32.2. The monoisotopic (exact) mass is 316 g/mol. The van der Waals surface area contributed by atoms with Crippen molar-refractivity contribution in [2.75, 3.05) is 25.9 Å². The molecular formula is C12H20N4O4S. The molecule has 0 amide bonds. The zero-order valence-electron chi connectivity index (χ0n) is 12.2. The summed E-state index contributed by atoms with van der Waals surface area (Å²) in [6, 6.07) is 3.66. The molecule has 118 valence electrons. The molecule has 21 heavy (non-hydrogen) atoms. The molecule has 8 nitrogen and oxygen atoms in total. The van der Waals surface area contributed by atoms with Crippen molar-refractivity contribution < 1.29 is 13.3 Å². The molecule has 0 aliphatic heterocycles. The zero-order valence-corrected chi connectivity index (χ0v) is 13.1. The second-order valence-corrected chi connectivity index (χ2v) is 6.72. The number of nitrogens with one attached hydrogen (secondary N) is 1. The summed E-state index contributed by atoms with van der Waals surface area (Å²) in [7, 11) is -1.83. The number of nitro groups is 1. The summed E-state index contributed by atoms with van der Waals surface area (Å²) in [6.07, 6.45) is 0. The van der Waals surface area contributed by atoms with Gasteiger partial charge < -0.3 is 10.6 Å². The highest BCUT2D eigenvalue weighted by Gasteiger charge is 2.19. The summed E-state index contributed by atoms with van der Waals surface area (Å²) in [5, 5.41) is 10.6. The molecule has 1 rings (SSSR count). The molecule has 0 saturated heterocycles. The first-order valence-electron chi connectivity index (χ1n) is 6.39. The standard InChI is InChI=1S/C12H20N4O4S/c1-9(2)15(3)7-6-14-21(19,20)10-4-5-12(16(17)18)11(13)8-10/h4-5,8-9,14H,6-7,13H2,1-3H3. The van der Waals surface area contributed by atoms with E-state index in [1.54, 1.807) is 0 Å². The quantitative estimate of drug-likeness (QED) is 0.436. The lowest BCUT2D eigenvalue weighted by Crippen LogP contribution is -2.36. The second kappa shape index (κ2) is 6.83. The maximum absolute atomic E-state index is 12.1. The van der Waals surface area contributed by atoms with E-state index in [0.29, 0.717) is 12.6 Å². The van der Waals surface area contributed by atoms with Gasteiger partial charge in [0.05, 0.1) is 9.82 Å². The molecule has 1 aromatic rings. The van der Waals surface area contributed by atoms with Crippen molar-refractivity contribution >= 4 is 21.4 Å². The van der Waals surface area contributed by atoms with Crippen LogP contribution in [-0.2, 0) is 10.0 Å². The predicted octanol–water partition coefficient (Wildman–Crippen LogP) is 0.796. The Morgan fingerprint density at radius 2 is 2.05 bits per heavy atom. The Hall–Kier alpha value is -1.71. The number of sulfonamides is 1. The molecule has 0 fully saturated rings. The van der Waals surface area contributed by atoms with Gasteiger partial charge in [-0.15, -0.1) is 0 Å². The number of nitro benzene ring substituents is 1. The minimum atomic E-state index is -3.73. The molecule has 1 aromatic carbocycles. The average molecular weight is 316 g/mol. The number of anilines is 1. The lowest BCUT2D eigenvalue weighted by Gasteiger charge is -2.20. The van der Waals surface area contributed by atoms with Gasteiger partial charge in [-0.1, -0.05) is 0 Å². The molecule has 9 heteroatoms. The maximum atomic E-state index is 12.1. The van der Waals surface area contributed by atoms with Crippen LogP contribution in [0.4, 0.5) is 11.4 Å². The minimum Gasteiger partial charge on any atom is -0.393 e. The normalized spacial score (nSPS) is 12.0. The maximum Gasteiger partial charge on any atom is 0.292 e. The van der Waals surface area contributed by atoms with Crippen LogP contribution >= 0.6 is 0 Å². The van der Waals surface area contributed by atoms with Crippen molar-refractivity contribution in [2.24, 2.45) is 0 Å².